The van der Waals surface area contributed by atoms with Gasteiger partial charge in [0.25, 0.3) is 0 Å². The van der Waals surface area contributed by atoms with Crippen LogP contribution in [0.3, 0.4) is 0 Å². The van der Waals surface area contributed by atoms with Crippen molar-refractivity contribution in [2.24, 2.45) is 12.8 Å². The summed E-state index contributed by atoms with van der Waals surface area (Å²) in [6, 6.07) is -0.198. The van der Waals surface area contributed by atoms with Crippen molar-refractivity contribution in [2.75, 3.05) is 0 Å². The number of carbonyl (C=O) groups is 1. The largest absolute Gasteiger partial charge is 0.368 e. The van der Waals surface area contributed by atoms with Crippen molar-refractivity contribution in [3.05, 3.63) is 18.0 Å². The van der Waals surface area contributed by atoms with Crippen molar-refractivity contribution in [1.82, 2.24) is 15.1 Å². The highest BCUT2D eigenvalue weighted by atomic mass is 16.1. The van der Waals surface area contributed by atoms with Crippen molar-refractivity contribution in [1.29, 1.82) is 0 Å². The van der Waals surface area contributed by atoms with Crippen LogP contribution in [0.15, 0.2) is 12.4 Å². The van der Waals surface area contributed by atoms with E-state index in [1.807, 2.05) is 14.0 Å². The van der Waals surface area contributed by atoms with Gasteiger partial charge in [-0.25, -0.2) is 0 Å². The predicted molar refractivity (Wildman–Crippen MR) is 58.0 cm³/mol. The quantitative estimate of drug-likeness (QED) is 0.735. The number of primary amides is 1. The van der Waals surface area contributed by atoms with Gasteiger partial charge in [-0.3, -0.25) is 14.8 Å². The summed E-state index contributed by atoms with van der Waals surface area (Å²) in [4.78, 5) is 11.3. The van der Waals surface area contributed by atoms with Crippen LogP contribution in [0.2, 0.25) is 0 Å². The number of nitrogens with zero attached hydrogens (tertiary/aromatic N) is 2. The number of hydrogen-bond acceptors (Lipinski definition) is 3. The fraction of sp³-hybridized carbons (Fsp3) is 0.600. The molecule has 15 heavy (non-hydrogen) atoms. The lowest BCUT2D eigenvalue weighted by molar-refractivity contribution is -0.120. The van der Waals surface area contributed by atoms with Gasteiger partial charge < -0.3 is 5.73 Å². The van der Waals surface area contributed by atoms with Crippen molar-refractivity contribution in [3.8, 4) is 0 Å². The summed E-state index contributed by atoms with van der Waals surface area (Å²) in [7, 11) is 1.81. The molecule has 5 heteroatoms. The topological polar surface area (TPSA) is 72.9 Å². The molecule has 0 aliphatic rings. The van der Waals surface area contributed by atoms with Gasteiger partial charge in [0.2, 0.25) is 5.91 Å². The summed E-state index contributed by atoms with van der Waals surface area (Å²) in [5, 5.41) is 7.19. The molecule has 0 aromatic carbocycles. The van der Waals surface area contributed by atoms with Gasteiger partial charge in [0, 0.05) is 24.8 Å². The van der Waals surface area contributed by atoms with Crippen LogP contribution in [0.1, 0.15) is 31.9 Å². The van der Waals surface area contributed by atoms with Crippen molar-refractivity contribution in [2.45, 2.75) is 32.4 Å². The Kier molecular flexibility index (Phi) is 3.85. The zero-order chi connectivity index (χ0) is 11.4. The molecule has 0 aliphatic heterocycles. The maximum atomic E-state index is 11.3. The predicted octanol–water partition coefficient (Wildman–Crippen LogP) is 0.335. The summed E-state index contributed by atoms with van der Waals surface area (Å²) in [5.41, 5.74) is 6.15. The van der Waals surface area contributed by atoms with E-state index in [0.29, 0.717) is 0 Å². The maximum absolute atomic E-state index is 11.3. The summed E-state index contributed by atoms with van der Waals surface area (Å²) < 4.78 is 1.66. The second kappa shape index (κ2) is 4.93. The Morgan fingerprint density at radius 1 is 1.73 bits per heavy atom. The van der Waals surface area contributed by atoms with E-state index < -0.39 is 6.04 Å². The van der Waals surface area contributed by atoms with Crippen LogP contribution in [0.5, 0.6) is 0 Å². The zero-order valence-electron chi connectivity index (χ0n) is 9.40. The Morgan fingerprint density at radius 3 is 2.80 bits per heavy atom. The van der Waals surface area contributed by atoms with Gasteiger partial charge >= 0.3 is 0 Å². The van der Waals surface area contributed by atoms with E-state index in [0.717, 1.165) is 12.0 Å². The summed E-state index contributed by atoms with van der Waals surface area (Å²) in [6.45, 7) is 4.07. The van der Waals surface area contributed by atoms with E-state index in [4.69, 9.17) is 5.73 Å². The monoisotopic (exact) mass is 210 g/mol. The molecule has 1 aromatic heterocycles. The highest BCUT2D eigenvalue weighted by Gasteiger charge is 2.20. The van der Waals surface area contributed by atoms with Gasteiger partial charge in [-0.15, -0.1) is 0 Å². The lowest BCUT2D eigenvalue weighted by Gasteiger charge is -2.18. The first kappa shape index (κ1) is 11.7. The molecule has 0 aliphatic carbocycles. The lowest BCUT2D eigenvalue weighted by atomic mass is 10.1. The average molecular weight is 210 g/mol. The smallest absolute Gasteiger partial charge is 0.239 e. The minimum Gasteiger partial charge on any atom is -0.368 e. The SMILES string of the molecule is CCC(C)NC(C(N)=O)c1cnn(C)c1. The molecule has 0 saturated heterocycles. The van der Waals surface area contributed by atoms with E-state index in [1.54, 1.807) is 17.1 Å². The van der Waals surface area contributed by atoms with Crippen LogP contribution >= 0.6 is 0 Å². The minimum absolute atomic E-state index is 0.253. The van der Waals surface area contributed by atoms with Gasteiger partial charge in [0.05, 0.1) is 6.20 Å². The molecule has 3 N–H and O–H groups in total. The first-order chi connectivity index (χ1) is 7.04. The number of rotatable bonds is 5. The van der Waals surface area contributed by atoms with Crippen molar-refractivity contribution < 1.29 is 4.79 Å². The van der Waals surface area contributed by atoms with E-state index in [9.17, 15) is 4.79 Å². The normalized spacial score (nSPS) is 14.9. The van der Waals surface area contributed by atoms with Crippen LogP contribution in [0.4, 0.5) is 0 Å². The van der Waals surface area contributed by atoms with Crippen LogP contribution in [-0.2, 0) is 11.8 Å². The molecule has 0 saturated carbocycles. The summed E-state index contributed by atoms with van der Waals surface area (Å²) in [6.07, 6.45) is 4.40. The second-order valence-electron chi connectivity index (χ2n) is 3.76. The van der Waals surface area contributed by atoms with Crippen LogP contribution in [0.25, 0.3) is 0 Å². The number of hydrogen-bond donors (Lipinski definition) is 2. The first-order valence-corrected chi connectivity index (χ1v) is 5.08. The molecule has 1 rings (SSSR count). The van der Waals surface area contributed by atoms with Crippen LogP contribution < -0.4 is 11.1 Å². The van der Waals surface area contributed by atoms with E-state index >= 15 is 0 Å². The van der Waals surface area contributed by atoms with Gasteiger partial charge in [-0.05, 0) is 13.3 Å². The fourth-order valence-electron chi connectivity index (χ4n) is 1.33. The molecule has 1 heterocycles. The van der Waals surface area contributed by atoms with E-state index in [2.05, 4.69) is 17.3 Å². The molecule has 2 atom stereocenters. The number of nitrogens with one attached hydrogen (secondary N) is 1. The fourth-order valence-corrected chi connectivity index (χ4v) is 1.33. The molecule has 0 radical (unpaired) electrons. The highest BCUT2D eigenvalue weighted by Crippen LogP contribution is 2.12. The third kappa shape index (κ3) is 3.06. The Balaban J connectivity index is 2.79. The number of nitrogens with two attached hydrogens (primary N) is 1. The molecule has 1 aromatic rings. The third-order valence-corrected chi connectivity index (χ3v) is 2.41. The lowest BCUT2D eigenvalue weighted by Crippen LogP contribution is -2.38. The average Bonchev–Trinajstić information content (AvgIpc) is 2.60. The van der Waals surface area contributed by atoms with Crippen molar-refractivity contribution >= 4 is 5.91 Å². The maximum Gasteiger partial charge on any atom is 0.239 e. The number of amides is 1. The van der Waals surface area contributed by atoms with Gasteiger partial charge in [0.1, 0.15) is 6.04 Å². The summed E-state index contributed by atoms with van der Waals surface area (Å²) in [5.74, 6) is -0.372. The number of aryl methyl sites for hydroxylation is 1. The molecule has 0 spiro atoms. The van der Waals surface area contributed by atoms with Gasteiger partial charge in [0.15, 0.2) is 0 Å². The molecule has 1 amide bonds. The Morgan fingerprint density at radius 2 is 2.40 bits per heavy atom. The molecule has 0 fully saturated rings. The Hall–Kier alpha value is -1.36. The minimum atomic E-state index is -0.450. The van der Waals surface area contributed by atoms with E-state index in [1.165, 1.54) is 0 Å². The molecular weight excluding hydrogens is 192 g/mol. The van der Waals surface area contributed by atoms with Gasteiger partial charge in [-0.1, -0.05) is 6.92 Å². The summed E-state index contributed by atoms with van der Waals surface area (Å²) >= 11 is 0. The third-order valence-electron chi connectivity index (χ3n) is 2.41. The highest BCUT2D eigenvalue weighted by molar-refractivity contribution is 5.81. The zero-order valence-corrected chi connectivity index (χ0v) is 9.40. The van der Waals surface area contributed by atoms with Crippen LogP contribution in [-0.4, -0.2) is 21.7 Å². The van der Waals surface area contributed by atoms with Crippen LogP contribution in [0, 0.1) is 0 Å². The number of aromatic nitrogens is 2. The van der Waals surface area contributed by atoms with E-state index in [-0.39, 0.29) is 11.9 Å². The first-order valence-electron chi connectivity index (χ1n) is 5.08. The molecule has 5 nitrogen and oxygen atoms in total. The molecule has 84 valence electrons. The second-order valence-corrected chi connectivity index (χ2v) is 3.76. The Bertz CT molecular complexity index is 334. The standard InChI is InChI=1S/C10H18N4O/c1-4-7(2)13-9(10(11)15)8-5-12-14(3)6-8/h5-7,9,13H,4H2,1-3H3,(H2,11,15). The molecule has 2 unspecified atom stereocenters. The van der Waals surface area contributed by atoms with Gasteiger partial charge in [-0.2, -0.15) is 5.10 Å². The van der Waals surface area contributed by atoms with Crippen molar-refractivity contribution in [3.63, 3.8) is 0 Å². The Labute approximate surface area is 89.6 Å². The molecule has 0 bridgehead atoms. The molecular formula is C10H18N4O. The number of carbonyl (C=O) groups excluding carboxylic acids is 1.